The van der Waals surface area contributed by atoms with Gasteiger partial charge in [0.25, 0.3) is 11.8 Å². The fraction of sp³-hybridized carbons (Fsp3) is 0.308. The average molecular weight is 279 g/mol. The average Bonchev–Trinajstić information content (AvgIpc) is 2.60. The Balaban J connectivity index is 2.02. The smallest absolute Gasteiger partial charge is 0.304 e. The van der Waals surface area contributed by atoms with Gasteiger partial charge < -0.3 is 5.11 Å². The second kappa shape index (κ2) is 5.44. The summed E-state index contributed by atoms with van der Waals surface area (Å²) < 4.78 is 0. The molecule has 0 saturated carbocycles. The molecule has 1 aromatic carbocycles. The van der Waals surface area contributed by atoms with E-state index in [9.17, 15) is 14.4 Å². The van der Waals surface area contributed by atoms with Gasteiger partial charge in [-0.05, 0) is 12.1 Å². The molecule has 1 aromatic rings. The van der Waals surface area contributed by atoms with E-state index >= 15 is 0 Å². The minimum atomic E-state index is -0.887. The highest BCUT2D eigenvalue weighted by Gasteiger charge is 2.35. The molecule has 5 nitrogen and oxygen atoms in total. The van der Waals surface area contributed by atoms with E-state index in [0.717, 1.165) is 4.90 Å². The Morgan fingerprint density at radius 1 is 1.26 bits per heavy atom. The van der Waals surface area contributed by atoms with Crippen molar-refractivity contribution in [2.45, 2.75) is 18.6 Å². The Labute approximate surface area is 114 Å². The van der Waals surface area contributed by atoms with Crippen molar-refractivity contribution < 1.29 is 19.5 Å². The summed E-state index contributed by atoms with van der Waals surface area (Å²) in [6.07, 6.45) is 0.00777. The van der Waals surface area contributed by atoms with E-state index in [-0.39, 0.29) is 29.4 Å². The summed E-state index contributed by atoms with van der Waals surface area (Å²) in [5.41, 5.74) is 0.831. The van der Waals surface area contributed by atoms with Crippen LogP contribution in [0, 0.1) is 0 Å². The van der Waals surface area contributed by atoms with Gasteiger partial charge in [0.05, 0.1) is 23.4 Å². The normalized spacial score (nSPS) is 15.5. The summed E-state index contributed by atoms with van der Waals surface area (Å²) in [6.45, 7) is 1.76. The number of carbonyl (C=O) groups is 3. The molecule has 100 valence electrons. The molecule has 1 unspecified atom stereocenters. The van der Waals surface area contributed by atoms with Crippen LogP contribution in [-0.2, 0) is 4.79 Å². The summed E-state index contributed by atoms with van der Waals surface area (Å²) in [7, 11) is 0. The highest BCUT2D eigenvalue weighted by Crippen LogP contribution is 2.25. The maximum Gasteiger partial charge on any atom is 0.304 e. The number of nitrogens with zero attached hydrogens (tertiary/aromatic N) is 1. The fourth-order valence-electron chi connectivity index (χ4n) is 1.86. The van der Waals surface area contributed by atoms with Crippen LogP contribution in [-0.4, -0.2) is 38.9 Å². The molecule has 1 aliphatic rings. The third-order valence-electron chi connectivity index (χ3n) is 2.83. The molecule has 0 fully saturated rings. The SMILES string of the molecule is CC(CC(=O)O)SCN1C(=O)c2ccccc2C1=O. The number of thioether (sulfide) groups is 1. The highest BCUT2D eigenvalue weighted by atomic mass is 32.2. The molecule has 0 saturated heterocycles. The molecule has 0 aromatic heterocycles. The Bertz CT molecular complexity index is 508. The lowest BCUT2D eigenvalue weighted by molar-refractivity contribution is -0.136. The summed E-state index contributed by atoms with van der Waals surface area (Å²) in [4.78, 5) is 35.7. The van der Waals surface area contributed by atoms with Gasteiger partial charge in [0.15, 0.2) is 0 Å². The van der Waals surface area contributed by atoms with Gasteiger partial charge in [-0.3, -0.25) is 19.3 Å². The monoisotopic (exact) mass is 279 g/mol. The van der Waals surface area contributed by atoms with Crippen molar-refractivity contribution in [3.8, 4) is 0 Å². The number of benzene rings is 1. The van der Waals surface area contributed by atoms with Crippen LogP contribution < -0.4 is 0 Å². The van der Waals surface area contributed by atoms with Gasteiger partial charge in [-0.25, -0.2) is 0 Å². The van der Waals surface area contributed by atoms with Crippen molar-refractivity contribution in [3.05, 3.63) is 35.4 Å². The number of fused-ring (bicyclic) bond motifs is 1. The number of carboxylic acids is 1. The van der Waals surface area contributed by atoms with Crippen LogP contribution >= 0.6 is 11.8 Å². The first-order chi connectivity index (χ1) is 9.00. The molecular weight excluding hydrogens is 266 g/mol. The molecule has 2 rings (SSSR count). The van der Waals surface area contributed by atoms with Gasteiger partial charge in [0.2, 0.25) is 0 Å². The highest BCUT2D eigenvalue weighted by molar-refractivity contribution is 7.99. The van der Waals surface area contributed by atoms with Gasteiger partial charge in [0.1, 0.15) is 0 Å². The second-order valence-electron chi connectivity index (χ2n) is 4.29. The van der Waals surface area contributed by atoms with E-state index in [1.54, 1.807) is 31.2 Å². The van der Waals surface area contributed by atoms with Crippen molar-refractivity contribution >= 4 is 29.5 Å². The Morgan fingerprint density at radius 3 is 2.26 bits per heavy atom. The Morgan fingerprint density at radius 2 is 1.79 bits per heavy atom. The van der Waals surface area contributed by atoms with Crippen molar-refractivity contribution in [2.75, 3.05) is 5.88 Å². The quantitative estimate of drug-likeness (QED) is 0.832. The lowest BCUT2D eigenvalue weighted by Gasteiger charge is -2.15. The van der Waals surface area contributed by atoms with Gasteiger partial charge in [-0.1, -0.05) is 19.1 Å². The number of aliphatic carboxylic acids is 1. The van der Waals surface area contributed by atoms with E-state index in [4.69, 9.17) is 5.11 Å². The van der Waals surface area contributed by atoms with Crippen LogP contribution in [0.3, 0.4) is 0 Å². The van der Waals surface area contributed by atoms with Gasteiger partial charge >= 0.3 is 5.97 Å². The zero-order valence-electron chi connectivity index (χ0n) is 10.3. The topological polar surface area (TPSA) is 74.7 Å². The molecule has 1 aliphatic heterocycles. The van der Waals surface area contributed by atoms with E-state index in [1.165, 1.54) is 11.8 Å². The molecule has 0 radical (unpaired) electrons. The summed E-state index contributed by atoms with van der Waals surface area (Å²) >= 11 is 1.28. The molecule has 0 aliphatic carbocycles. The number of carboxylic acid groups (broad SMARTS) is 1. The predicted molar refractivity (Wildman–Crippen MR) is 71.1 cm³/mol. The molecule has 1 heterocycles. The number of hydrogen-bond donors (Lipinski definition) is 1. The third-order valence-corrected chi connectivity index (χ3v) is 3.97. The second-order valence-corrected chi connectivity index (χ2v) is 5.68. The van der Waals surface area contributed by atoms with Gasteiger partial charge in [0, 0.05) is 5.25 Å². The van der Waals surface area contributed by atoms with Crippen LogP contribution in [0.1, 0.15) is 34.1 Å². The van der Waals surface area contributed by atoms with Crippen LogP contribution in [0.25, 0.3) is 0 Å². The van der Waals surface area contributed by atoms with Crippen molar-refractivity contribution in [1.29, 1.82) is 0 Å². The fourth-order valence-corrected chi connectivity index (χ4v) is 2.76. The predicted octanol–water partition coefficient (Wildman–Crippen LogP) is 1.84. The number of carbonyl (C=O) groups excluding carboxylic acids is 2. The first-order valence-electron chi connectivity index (χ1n) is 5.79. The first-order valence-corrected chi connectivity index (χ1v) is 6.84. The van der Waals surface area contributed by atoms with Crippen LogP contribution in [0.2, 0.25) is 0 Å². The van der Waals surface area contributed by atoms with Crippen LogP contribution in [0.15, 0.2) is 24.3 Å². The molecule has 1 N–H and O–H groups in total. The first kappa shape index (κ1) is 13.6. The van der Waals surface area contributed by atoms with E-state index in [0.29, 0.717) is 11.1 Å². The van der Waals surface area contributed by atoms with Crippen molar-refractivity contribution in [3.63, 3.8) is 0 Å². The number of amides is 2. The standard InChI is InChI=1S/C13H13NO4S/c1-8(6-11(15)16)19-7-14-12(17)9-4-2-3-5-10(9)13(14)18/h2-5,8H,6-7H2,1H3,(H,15,16). The molecular formula is C13H13NO4S. The summed E-state index contributed by atoms with van der Waals surface area (Å²) in [5, 5.41) is 8.51. The Hall–Kier alpha value is -1.82. The summed E-state index contributed by atoms with van der Waals surface area (Å²) in [5.74, 6) is -1.32. The Kier molecular flexibility index (Phi) is 3.90. The van der Waals surface area contributed by atoms with Gasteiger partial charge in [-0.2, -0.15) is 0 Å². The van der Waals surface area contributed by atoms with Crippen LogP contribution in [0.4, 0.5) is 0 Å². The molecule has 2 amide bonds. The molecule has 0 spiro atoms. The molecule has 0 bridgehead atoms. The van der Waals surface area contributed by atoms with Crippen molar-refractivity contribution in [1.82, 2.24) is 4.90 Å². The summed E-state index contributed by atoms with van der Waals surface area (Å²) in [6, 6.07) is 6.68. The lowest BCUT2D eigenvalue weighted by Crippen LogP contribution is -2.30. The van der Waals surface area contributed by atoms with E-state index in [1.807, 2.05) is 0 Å². The van der Waals surface area contributed by atoms with Crippen molar-refractivity contribution in [2.24, 2.45) is 0 Å². The minimum Gasteiger partial charge on any atom is -0.481 e. The number of imide groups is 1. The molecule has 1 atom stereocenters. The van der Waals surface area contributed by atoms with E-state index in [2.05, 4.69) is 0 Å². The zero-order valence-corrected chi connectivity index (χ0v) is 11.1. The number of rotatable bonds is 5. The number of hydrogen-bond acceptors (Lipinski definition) is 4. The largest absolute Gasteiger partial charge is 0.481 e. The minimum absolute atomic E-state index is 0.00777. The molecule has 6 heteroatoms. The lowest BCUT2D eigenvalue weighted by atomic mass is 10.1. The molecule has 19 heavy (non-hydrogen) atoms. The van der Waals surface area contributed by atoms with Gasteiger partial charge in [-0.15, -0.1) is 11.8 Å². The maximum absolute atomic E-state index is 12.0. The maximum atomic E-state index is 12.0. The van der Waals surface area contributed by atoms with E-state index < -0.39 is 5.97 Å². The van der Waals surface area contributed by atoms with Crippen LogP contribution in [0.5, 0.6) is 0 Å². The third kappa shape index (κ3) is 2.78. The zero-order chi connectivity index (χ0) is 14.0.